The van der Waals surface area contributed by atoms with Gasteiger partial charge in [0, 0.05) is 29.4 Å². The van der Waals surface area contributed by atoms with Crippen molar-refractivity contribution in [3.8, 4) is 22.8 Å². The van der Waals surface area contributed by atoms with E-state index in [1.54, 1.807) is 0 Å². The normalized spacial score (nSPS) is 18.6. The van der Waals surface area contributed by atoms with Gasteiger partial charge in [-0.15, -0.1) is 0 Å². The van der Waals surface area contributed by atoms with Crippen LogP contribution in [0.4, 0.5) is 0 Å². The quantitative estimate of drug-likeness (QED) is 0.905. The van der Waals surface area contributed by atoms with E-state index in [1.165, 1.54) is 11.3 Å². The second-order valence-corrected chi connectivity index (χ2v) is 7.16. The van der Waals surface area contributed by atoms with Crippen molar-refractivity contribution in [2.24, 2.45) is 5.73 Å². The van der Waals surface area contributed by atoms with Crippen LogP contribution in [0, 0.1) is 0 Å². The average molecular weight is 342 g/mol. The van der Waals surface area contributed by atoms with Gasteiger partial charge in [0.05, 0.1) is 5.69 Å². The molecular formula is C19H26N4O2. The van der Waals surface area contributed by atoms with Gasteiger partial charge in [-0.2, -0.15) is 5.10 Å². The first kappa shape index (κ1) is 16.4. The lowest BCUT2D eigenvalue weighted by molar-refractivity contribution is 0.174. The molecule has 6 heteroatoms. The van der Waals surface area contributed by atoms with Crippen molar-refractivity contribution in [3.63, 3.8) is 0 Å². The standard InChI is InChI=1S/C19H26N4O2/c1-22(2)9-4-10-23-15-6-3-5-14(20)18(15)19(21-23)13-7-8-16-17(11-13)25-12-24-16/h7-8,11,14H,3-6,9-10,12,20H2,1-2H3. The zero-order valence-corrected chi connectivity index (χ0v) is 15.0. The summed E-state index contributed by atoms with van der Waals surface area (Å²) >= 11 is 0. The van der Waals surface area contributed by atoms with E-state index in [9.17, 15) is 0 Å². The lowest BCUT2D eigenvalue weighted by Crippen LogP contribution is -2.20. The lowest BCUT2D eigenvalue weighted by atomic mass is 9.89. The van der Waals surface area contributed by atoms with Crippen molar-refractivity contribution in [1.29, 1.82) is 0 Å². The molecular weight excluding hydrogens is 316 g/mol. The highest BCUT2D eigenvalue weighted by molar-refractivity contribution is 5.69. The summed E-state index contributed by atoms with van der Waals surface area (Å²) in [7, 11) is 4.21. The Morgan fingerprint density at radius 1 is 1.28 bits per heavy atom. The smallest absolute Gasteiger partial charge is 0.231 e. The number of rotatable bonds is 5. The number of hydrogen-bond acceptors (Lipinski definition) is 5. The van der Waals surface area contributed by atoms with Crippen LogP contribution in [0.25, 0.3) is 11.3 Å². The summed E-state index contributed by atoms with van der Waals surface area (Å²) in [5, 5.41) is 4.96. The van der Waals surface area contributed by atoms with Crippen LogP contribution >= 0.6 is 0 Å². The maximum absolute atomic E-state index is 6.47. The van der Waals surface area contributed by atoms with E-state index < -0.39 is 0 Å². The zero-order chi connectivity index (χ0) is 17.4. The monoisotopic (exact) mass is 342 g/mol. The highest BCUT2D eigenvalue weighted by Crippen LogP contribution is 2.40. The molecule has 0 fully saturated rings. The molecule has 2 N–H and O–H groups in total. The van der Waals surface area contributed by atoms with Crippen LogP contribution in [0.15, 0.2) is 18.2 Å². The van der Waals surface area contributed by atoms with E-state index in [-0.39, 0.29) is 12.8 Å². The van der Waals surface area contributed by atoms with Crippen LogP contribution in [0.2, 0.25) is 0 Å². The number of fused-ring (bicyclic) bond motifs is 2. The molecule has 0 bridgehead atoms. The molecule has 2 aromatic rings. The summed E-state index contributed by atoms with van der Waals surface area (Å²) in [5.74, 6) is 1.59. The van der Waals surface area contributed by atoms with Crippen molar-refractivity contribution < 1.29 is 9.47 Å². The molecule has 1 atom stereocenters. The SMILES string of the molecule is CN(C)CCCn1nc(-c2ccc3c(c2)OCO3)c2c1CCCC2N. The fraction of sp³-hybridized carbons (Fsp3) is 0.526. The Labute approximate surface area is 148 Å². The summed E-state index contributed by atoms with van der Waals surface area (Å²) in [6.07, 6.45) is 4.29. The summed E-state index contributed by atoms with van der Waals surface area (Å²) in [6, 6.07) is 6.10. The van der Waals surface area contributed by atoms with E-state index in [0.29, 0.717) is 0 Å². The molecule has 1 aromatic heterocycles. The molecule has 0 radical (unpaired) electrons. The molecule has 134 valence electrons. The van der Waals surface area contributed by atoms with Crippen LogP contribution in [0.5, 0.6) is 11.5 Å². The fourth-order valence-electron chi connectivity index (χ4n) is 3.78. The maximum Gasteiger partial charge on any atom is 0.231 e. The summed E-state index contributed by atoms with van der Waals surface area (Å²) in [4.78, 5) is 2.21. The van der Waals surface area contributed by atoms with E-state index in [1.807, 2.05) is 12.1 Å². The molecule has 0 amide bonds. The Kier molecular flexibility index (Phi) is 4.39. The van der Waals surface area contributed by atoms with Gasteiger partial charge in [0.25, 0.3) is 0 Å². The molecule has 25 heavy (non-hydrogen) atoms. The number of aryl methyl sites for hydroxylation is 1. The maximum atomic E-state index is 6.47. The van der Waals surface area contributed by atoms with Gasteiger partial charge in [-0.05, 0) is 64.5 Å². The third kappa shape index (κ3) is 3.12. The first-order valence-electron chi connectivity index (χ1n) is 9.03. The Bertz CT molecular complexity index is 769. The second-order valence-electron chi connectivity index (χ2n) is 7.16. The lowest BCUT2D eigenvalue weighted by Gasteiger charge is -2.21. The average Bonchev–Trinajstić information content (AvgIpc) is 3.19. The molecule has 1 aromatic carbocycles. The number of hydrogen-bond donors (Lipinski definition) is 1. The van der Waals surface area contributed by atoms with Gasteiger partial charge in [-0.1, -0.05) is 0 Å². The molecule has 0 spiro atoms. The van der Waals surface area contributed by atoms with Crippen LogP contribution < -0.4 is 15.2 Å². The molecule has 1 aliphatic carbocycles. The van der Waals surface area contributed by atoms with Crippen LogP contribution in [0.3, 0.4) is 0 Å². The number of benzene rings is 1. The van der Waals surface area contributed by atoms with Gasteiger partial charge in [-0.25, -0.2) is 0 Å². The van der Waals surface area contributed by atoms with Crippen LogP contribution in [0.1, 0.15) is 36.6 Å². The summed E-state index contributed by atoms with van der Waals surface area (Å²) in [6.45, 7) is 2.27. The number of nitrogens with two attached hydrogens (primary N) is 1. The first-order chi connectivity index (χ1) is 12.1. The minimum atomic E-state index is 0.0618. The predicted octanol–water partition coefficient (Wildman–Crippen LogP) is 2.57. The van der Waals surface area contributed by atoms with Gasteiger partial charge in [0.15, 0.2) is 11.5 Å². The predicted molar refractivity (Wildman–Crippen MR) is 96.8 cm³/mol. The highest BCUT2D eigenvalue weighted by Gasteiger charge is 2.27. The van der Waals surface area contributed by atoms with Gasteiger partial charge in [-0.3, -0.25) is 4.68 Å². The molecule has 0 saturated heterocycles. The van der Waals surface area contributed by atoms with Crippen molar-refractivity contribution in [2.75, 3.05) is 27.4 Å². The third-order valence-electron chi connectivity index (χ3n) is 5.02. The Hall–Kier alpha value is -2.05. The van der Waals surface area contributed by atoms with Crippen LogP contribution in [-0.4, -0.2) is 42.1 Å². The van der Waals surface area contributed by atoms with Gasteiger partial charge in [0.1, 0.15) is 0 Å². The van der Waals surface area contributed by atoms with E-state index >= 15 is 0 Å². The van der Waals surface area contributed by atoms with Crippen molar-refractivity contribution in [2.45, 2.75) is 38.3 Å². The molecule has 4 rings (SSSR count). The Balaban J connectivity index is 1.70. The molecule has 1 aliphatic heterocycles. The second kappa shape index (κ2) is 6.69. The minimum absolute atomic E-state index is 0.0618. The fourth-order valence-corrected chi connectivity index (χ4v) is 3.78. The van der Waals surface area contributed by atoms with Gasteiger partial charge in [0.2, 0.25) is 6.79 Å². The largest absolute Gasteiger partial charge is 0.454 e. The van der Waals surface area contributed by atoms with Crippen molar-refractivity contribution >= 4 is 0 Å². The summed E-state index contributed by atoms with van der Waals surface area (Å²) < 4.78 is 13.1. The van der Waals surface area contributed by atoms with E-state index in [2.05, 4.69) is 29.7 Å². The molecule has 2 heterocycles. The highest BCUT2D eigenvalue weighted by atomic mass is 16.7. The Morgan fingerprint density at radius 2 is 2.12 bits per heavy atom. The summed E-state index contributed by atoms with van der Waals surface area (Å²) in [5.41, 5.74) is 11.1. The topological polar surface area (TPSA) is 65.5 Å². The minimum Gasteiger partial charge on any atom is -0.454 e. The zero-order valence-electron chi connectivity index (χ0n) is 15.0. The van der Waals surface area contributed by atoms with E-state index in [0.717, 1.165) is 61.5 Å². The number of nitrogens with zero attached hydrogens (tertiary/aromatic N) is 3. The Morgan fingerprint density at radius 3 is 2.96 bits per heavy atom. The van der Waals surface area contributed by atoms with E-state index in [4.69, 9.17) is 20.3 Å². The third-order valence-corrected chi connectivity index (χ3v) is 5.02. The van der Waals surface area contributed by atoms with Gasteiger partial charge >= 0.3 is 0 Å². The molecule has 2 aliphatic rings. The number of ether oxygens (including phenoxy) is 2. The van der Waals surface area contributed by atoms with Crippen LogP contribution in [-0.2, 0) is 13.0 Å². The molecule has 0 saturated carbocycles. The molecule has 1 unspecified atom stereocenters. The van der Waals surface area contributed by atoms with Gasteiger partial charge < -0.3 is 20.1 Å². The molecule has 6 nitrogen and oxygen atoms in total. The first-order valence-corrected chi connectivity index (χ1v) is 9.03. The van der Waals surface area contributed by atoms with Crippen molar-refractivity contribution in [1.82, 2.24) is 14.7 Å². The van der Waals surface area contributed by atoms with Crippen molar-refractivity contribution in [3.05, 3.63) is 29.5 Å². The number of aromatic nitrogens is 2.